The van der Waals surface area contributed by atoms with E-state index in [1.807, 2.05) is 12.1 Å². The second-order valence-electron chi connectivity index (χ2n) is 6.35. The molecule has 0 fully saturated rings. The van der Waals surface area contributed by atoms with Gasteiger partial charge in [0.15, 0.2) is 17.3 Å². The van der Waals surface area contributed by atoms with Crippen LogP contribution in [0, 0.1) is 0 Å². The molecule has 0 bridgehead atoms. The fourth-order valence-electron chi connectivity index (χ4n) is 2.96. The number of anilines is 1. The minimum absolute atomic E-state index is 0.162. The molecule has 4 aromatic rings. The van der Waals surface area contributed by atoms with Crippen LogP contribution in [0.1, 0.15) is 10.4 Å². The molecule has 7 nitrogen and oxygen atoms in total. The molecule has 152 valence electrons. The highest BCUT2D eigenvalue weighted by Crippen LogP contribution is 2.40. The standard InChI is InChI=1S/C19H12F3N5O2S/c20-19(21,22)15-6-11-16(25-7-10-1-2-13-14(5-10)29-9-28-13)26-17(27-18(11)30-15)12-8-23-3-4-24-12/h1-6,8H,7,9H2,(H,25,26,27). The highest BCUT2D eigenvalue weighted by molar-refractivity contribution is 7.18. The van der Waals surface area contributed by atoms with Crippen LogP contribution in [0.25, 0.3) is 21.7 Å². The Hall–Kier alpha value is -3.47. The Bertz CT molecular complexity index is 1230. The van der Waals surface area contributed by atoms with Gasteiger partial charge >= 0.3 is 6.18 Å². The predicted molar refractivity (Wildman–Crippen MR) is 103 cm³/mol. The zero-order chi connectivity index (χ0) is 20.7. The summed E-state index contributed by atoms with van der Waals surface area (Å²) in [6.45, 7) is 0.481. The second-order valence-corrected chi connectivity index (χ2v) is 7.39. The van der Waals surface area contributed by atoms with E-state index in [9.17, 15) is 13.2 Å². The van der Waals surface area contributed by atoms with Gasteiger partial charge in [-0.3, -0.25) is 4.98 Å². The van der Waals surface area contributed by atoms with Crippen molar-refractivity contribution in [2.75, 3.05) is 12.1 Å². The maximum Gasteiger partial charge on any atom is 0.425 e. The number of ether oxygens (including phenoxy) is 2. The summed E-state index contributed by atoms with van der Waals surface area (Å²) in [7, 11) is 0. The van der Waals surface area contributed by atoms with Gasteiger partial charge in [-0.2, -0.15) is 13.2 Å². The monoisotopic (exact) mass is 431 g/mol. The Morgan fingerprint density at radius 2 is 1.93 bits per heavy atom. The van der Waals surface area contributed by atoms with Crippen molar-refractivity contribution in [3.05, 3.63) is 53.3 Å². The Balaban J connectivity index is 1.53. The van der Waals surface area contributed by atoms with Crippen LogP contribution in [0.5, 0.6) is 11.5 Å². The molecular formula is C19H12F3N5O2S. The van der Waals surface area contributed by atoms with E-state index in [-0.39, 0.29) is 23.3 Å². The Morgan fingerprint density at radius 3 is 2.73 bits per heavy atom. The summed E-state index contributed by atoms with van der Waals surface area (Å²) >= 11 is 0.564. The molecule has 0 amide bonds. The fourth-order valence-corrected chi connectivity index (χ4v) is 3.86. The molecule has 11 heteroatoms. The number of rotatable bonds is 4. The molecule has 0 atom stereocenters. The fraction of sp³-hybridized carbons (Fsp3) is 0.158. The Morgan fingerprint density at radius 1 is 1.07 bits per heavy atom. The van der Waals surface area contributed by atoms with E-state index in [2.05, 4.69) is 25.3 Å². The SMILES string of the molecule is FC(F)(F)c1cc2c(NCc3ccc4c(c3)OCO4)nc(-c3cnccn3)nc2s1. The van der Waals surface area contributed by atoms with Crippen molar-refractivity contribution in [1.82, 2.24) is 19.9 Å². The molecule has 0 saturated carbocycles. The van der Waals surface area contributed by atoms with Crippen molar-refractivity contribution in [2.45, 2.75) is 12.7 Å². The van der Waals surface area contributed by atoms with Crippen LogP contribution in [0.3, 0.4) is 0 Å². The molecule has 1 aliphatic heterocycles. The number of halogens is 3. The van der Waals surface area contributed by atoms with E-state index in [4.69, 9.17) is 9.47 Å². The maximum atomic E-state index is 13.3. The van der Waals surface area contributed by atoms with Gasteiger partial charge in [0.25, 0.3) is 0 Å². The van der Waals surface area contributed by atoms with E-state index in [0.29, 0.717) is 40.5 Å². The molecule has 1 aromatic carbocycles. The summed E-state index contributed by atoms with van der Waals surface area (Å²) in [5.41, 5.74) is 1.23. The van der Waals surface area contributed by atoms with Gasteiger partial charge in [-0.05, 0) is 23.8 Å². The maximum absolute atomic E-state index is 13.3. The predicted octanol–water partition coefficient (Wildman–Crippen LogP) is 4.51. The van der Waals surface area contributed by atoms with E-state index < -0.39 is 11.1 Å². The lowest BCUT2D eigenvalue weighted by molar-refractivity contribution is -0.134. The number of alkyl halides is 3. The van der Waals surface area contributed by atoms with E-state index >= 15 is 0 Å². The molecule has 0 spiro atoms. The minimum Gasteiger partial charge on any atom is -0.454 e. The van der Waals surface area contributed by atoms with Gasteiger partial charge in [-0.25, -0.2) is 15.0 Å². The van der Waals surface area contributed by atoms with Crippen molar-refractivity contribution in [3.63, 3.8) is 0 Å². The molecule has 4 heterocycles. The molecular weight excluding hydrogens is 419 g/mol. The number of hydrogen-bond acceptors (Lipinski definition) is 8. The first-order chi connectivity index (χ1) is 14.5. The number of nitrogens with one attached hydrogen (secondary N) is 1. The summed E-state index contributed by atoms with van der Waals surface area (Å²) in [6.07, 6.45) is -0.0420. The van der Waals surface area contributed by atoms with E-state index in [0.717, 1.165) is 11.6 Å². The molecule has 0 radical (unpaired) electrons. The highest BCUT2D eigenvalue weighted by atomic mass is 32.1. The summed E-state index contributed by atoms with van der Waals surface area (Å²) in [6, 6.07) is 6.50. The van der Waals surface area contributed by atoms with Gasteiger partial charge in [0, 0.05) is 18.9 Å². The van der Waals surface area contributed by atoms with Crippen LogP contribution >= 0.6 is 11.3 Å². The summed E-state index contributed by atoms with van der Waals surface area (Å²) < 4.78 is 50.4. The van der Waals surface area contributed by atoms with Crippen LogP contribution in [0.2, 0.25) is 0 Å². The quantitative estimate of drug-likeness (QED) is 0.509. The largest absolute Gasteiger partial charge is 0.454 e. The van der Waals surface area contributed by atoms with E-state index in [1.54, 1.807) is 6.07 Å². The number of nitrogens with zero attached hydrogens (tertiary/aromatic N) is 4. The molecule has 0 unspecified atom stereocenters. The third-order valence-electron chi connectivity index (χ3n) is 4.36. The number of fused-ring (bicyclic) bond motifs is 2. The first kappa shape index (κ1) is 18.6. The smallest absolute Gasteiger partial charge is 0.425 e. The van der Waals surface area contributed by atoms with Gasteiger partial charge in [-0.15, -0.1) is 11.3 Å². The lowest BCUT2D eigenvalue weighted by Gasteiger charge is -2.09. The first-order valence-electron chi connectivity index (χ1n) is 8.75. The van der Waals surface area contributed by atoms with Crippen molar-refractivity contribution < 1.29 is 22.6 Å². The topological polar surface area (TPSA) is 82.0 Å². The normalized spacial score (nSPS) is 13.0. The van der Waals surface area contributed by atoms with Crippen molar-refractivity contribution in [1.29, 1.82) is 0 Å². The van der Waals surface area contributed by atoms with Gasteiger partial charge in [0.1, 0.15) is 21.2 Å². The Kier molecular flexibility index (Phi) is 4.39. The van der Waals surface area contributed by atoms with Gasteiger partial charge < -0.3 is 14.8 Å². The van der Waals surface area contributed by atoms with Crippen molar-refractivity contribution >= 4 is 27.4 Å². The lowest BCUT2D eigenvalue weighted by atomic mass is 10.2. The van der Waals surface area contributed by atoms with Crippen LogP contribution in [-0.2, 0) is 12.7 Å². The average molecular weight is 431 g/mol. The molecule has 1 N–H and O–H groups in total. The average Bonchev–Trinajstić information content (AvgIpc) is 3.38. The third-order valence-corrected chi connectivity index (χ3v) is 5.44. The summed E-state index contributed by atoms with van der Waals surface area (Å²) in [5.74, 6) is 1.75. The zero-order valence-corrected chi connectivity index (χ0v) is 15.9. The summed E-state index contributed by atoms with van der Waals surface area (Å²) in [5, 5.41) is 3.41. The number of benzene rings is 1. The van der Waals surface area contributed by atoms with Gasteiger partial charge in [0.2, 0.25) is 6.79 Å². The minimum atomic E-state index is -4.47. The number of aromatic nitrogens is 4. The molecule has 1 aliphatic rings. The molecule has 0 saturated heterocycles. The summed E-state index contributed by atoms with van der Waals surface area (Å²) in [4.78, 5) is 16.3. The van der Waals surface area contributed by atoms with Crippen molar-refractivity contribution in [2.24, 2.45) is 0 Å². The number of hydrogen-bond donors (Lipinski definition) is 1. The highest BCUT2D eigenvalue weighted by Gasteiger charge is 2.34. The second kappa shape index (κ2) is 7.10. The molecule has 30 heavy (non-hydrogen) atoms. The van der Waals surface area contributed by atoms with E-state index in [1.165, 1.54) is 18.6 Å². The third kappa shape index (κ3) is 3.47. The van der Waals surface area contributed by atoms with Gasteiger partial charge in [-0.1, -0.05) is 6.07 Å². The van der Waals surface area contributed by atoms with Crippen LogP contribution in [0.4, 0.5) is 19.0 Å². The zero-order valence-electron chi connectivity index (χ0n) is 15.1. The van der Waals surface area contributed by atoms with Crippen LogP contribution in [0.15, 0.2) is 42.9 Å². The molecule has 5 rings (SSSR count). The first-order valence-corrected chi connectivity index (χ1v) is 9.56. The van der Waals surface area contributed by atoms with Crippen LogP contribution in [-0.4, -0.2) is 26.7 Å². The Labute approximate surface area is 171 Å². The van der Waals surface area contributed by atoms with Crippen LogP contribution < -0.4 is 14.8 Å². The lowest BCUT2D eigenvalue weighted by Crippen LogP contribution is -2.04. The molecule has 3 aromatic heterocycles. The van der Waals surface area contributed by atoms with Crippen molar-refractivity contribution in [3.8, 4) is 23.0 Å². The number of thiophene rings is 1. The van der Waals surface area contributed by atoms with Gasteiger partial charge in [0.05, 0.1) is 11.6 Å². The molecule has 0 aliphatic carbocycles.